The lowest BCUT2D eigenvalue weighted by Gasteiger charge is -2.25. The number of hydrogen-bond donors (Lipinski definition) is 2. The molecule has 1 aliphatic rings. The minimum absolute atomic E-state index is 0. The van der Waals surface area contributed by atoms with Crippen molar-refractivity contribution >= 4 is 40.6 Å². The molecule has 0 unspecified atom stereocenters. The monoisotopic (exact) mass is 345 g/mol. The second kappa shape index (κ2) is 6.98. The van der Waals surface area contributed by atoms with E-state index < -0.39 is 11.3 Å². The number of rotatable bonds is 3. The van der Waals surface area contributed by atoms with E-state index in [0.29, 0.717) is 10.6 Å². The van der Waals surface area contributed by atoms with Gasteiger partial charge in [0.05, 0.1) is 5.56 Å². The third-order valence-electron chi connectivity index (χ3n) is 3.74. The van der Waals surface area contributed by atoms with E-state index in [1.807, 2.05) is 20.8 Å². The first kappa shape index (κ1) is 18.9. The topological polar surface area (TPSA) is 75.4 Å². The van der Waals surface area contributed by atoms with Crippen molar-refractivity contribution in [3.05, 3.63) is 16.0 Å². The summed E-state index contributed by atoms with van der Waals surface area (Å²) in [6, 6.07) is 0. The highest BCUT2D eigenvalue weighted by Gasteiger charge is 2.29. The zero-order chi connectivity index (χ0) is 15.8. The maximum Gasteiger partial charge on any atom is 0.251 e. The van der Waals surface area contributed by atoms with Crippen molar-refractivity contribution in [2.24, 2.45) is 11.1 Å². The Labute approximate surface area is 141 Å². The maximum absolute atomic E-state index is 12.2. The number of amides is 2. The van der Waals surface area contributed by atoms with Gasteiger partial charge in [-0.25, -0.2) is 0 Å². The number of anilines is 1. The van der Waals surface area contributed by atoms with Gasteiger partial charge in [0.15, 0.2) is 0 Å². The van der Waals surface area contributed by atoms with Crippen LogP contribution in [0.15, 0.2) is 0 Å². The third-order valence-corrected chi connectivity index (χ3v) is 4.87. The molecular formula is C15H24ClN3O2S. The molecule has 1 aliphatic heterocycles. The molecule has 2 amide bonds. The summed E-state index contributed by atoms with van der Waals surface area (Å²) in [4.78, 5) is 27.4. The summed E-state index contributed by atoms with van der Waals surface area (Å²) in [7, 11) is 0. The van der Waals surface area contributed by atoms with Gasteiger partial charge < -0.3 is 11.1 Å². The SMILES string of the molecule is CCN1CCc2c(sc(NC(=O)C(C)(C)C)c2C(N)=O)C1.Cl. The van der Waals surface area contributed by atoms with Gasteiger partial charge in [0, 0.05) is 23.4 Å². The van der Waals surface area contributed by atoms with Crippen molar-refractivity contribution < 1.29 is 9.59 Å². The zero-order valence-electron chi connectivity index (χ0n) is 13.5. The molecule has 1 aromatic rings. The molecule has 2 heterocycles. The molecule has 0 spiro atoms. The first-order chi connectivity index (χ1) is 9.74. The van der Waals surface area contributed by atoms with Crippen LogP contribution in [0.1, 0.15) is 48.5 Å². The minimum Gasteiger partial charge on any atom is -0.365 e. The molecule has 0 saturated heterocycles. The standard InChI is InChI=1S/C15H23N3O2S.ClH/c1-5-18-7-6-9-10(8-18)21-13(11(9)12(16)19)17-14(20)15(2,3)4;/h5-8H2,1-4H3,(H2,16,19)(H,17,20);1H. The van der Waals surface area contributed by atoms with Crippen LogP contribution in [0.4, 0.5) is 5.00 Å². The van der Waals surface area contributed by atoms with E-state index in [2.05, 4.69) is 17.1 Å². The second-order valence-corrected chi connectivity index (χ2v) is 7.50. The Hall–Kier alpha value is -1.11. The van der Waals surface area contributed by atoms with Gasteiger partial charge in [0.2, 0.25) is 5.91 Å². The van der Waals surface area contributed by atoms with E-state index in [-0.39, 0.29) is 18.3 Å². The molecule has 0 bridgehead atoms. The number of halogens is 1. The Kier molecular flexibility index (Phi) is 6.01. The highest BCUT2D eigenvalue weighted by Crippen LogP contribution is 2.37. The number of carbonyl (C=O) groups excluding carboxylic acids is 2. The Morgan fingerprint density at radius 3 is 2.50 bits per heavy atom. The van der Waals surface area contributed by atoms with Crippen molar-refractivity contribution in [1.82, 2.24) is 4.90 Å². The van der Waals surface area contributed by atoms with Crippen molar-refractivity contribution in [3.63, 3.8) is 0 Å². The normalized spacial score (nSPS) is 14.9. The van der Waals surface area contributed by atoms with Gasteiger partial charge in [-0.3, -0.25) is 14.5 Å². The number of primary amides is 1. The fourth-order valence-electron chi connectivity index (χ4n) is 2.37. The molecule has 0 radical (unpaired) electrons. The molecule has 7 heteroatoms. The number of hydrogen-bond acceptors (Lipinski definition) is 4. The first-order valence-corrected chi connectivity index (χ1v) is 8.03. The van der Waals surface area contributed by atoms with E-state index in [9.17, 15) is 9.59 Å². The fraction of sp³-hybridized carbons (Fsp3) is 0.600. The number of nitrogens with two attached hydrogens (primary N) is 1. The summed E-state index contributed by atoms with van der Waals surface area (Å²) in [6.45, 7) is 10.4. The number of fused-ring (bicyclic) bond motifs is 1. The summed E-state index contributed by atoms with van der Waals surface area (Å²) in [5.74, 6) is -0.558. The summed E-state index contributed by atoms with van der Waals surface area (Å²) in [5, 5.41) is 3.48. The van der Waals surface area contributed by atoms with E-state index >= 15 is 0 Å². The van der Waals surface area contributed by atoms with Crippen molar-refractivity contribution in [2.75, 3.05) is 18.4 Å². The molecule has 0 fully saturated rings. The second-order valence-electron chi connectivity index (χ2n) is 6.40. The molecule has 2 rings (SSSR count). The van der Waals surface area contributed by atoms with Gasteiger partial charge in [0.25, 0.3) is 5.91 Å². The Balaban J connectivity index is 0.00000242. The van der Waals surface area contributed by atoms with Crippen LogP contribution in [0, 0.1) is 5.41 Å². The van der Waals surface area contributed by atoms with Gasteiger partial charge in [-0.05, 0) is 18.5 Å². The number of nitrogens with zero attached hydrogens (tertiary/aromatic N) is 1. The molecule has 22 heavy (non-hydrogen) atoms. The van der Waals surface area contributed by atoms with E-state index in [1.165, 1.54) is 11.3 Å². The Morgan fingerprint density at radius 1 is 1.36 bits per heavy atom. The predicted molar refractivity (Wildman–Crippen MR) is 92.8 cm³/mol. The lowest BCUT2D eigenvalue weighted by atomic mass is 9.95. The first-order valence-electron chi connectivity index (χ1n) is 7.22. The fourth-order valence-corrected chi connectivity index (χ4v) is 3.66. The highest BCUT2D eigenvalue weighted by atomic mass is 35.5. The summed E-state index contributed by atoms with van der Waals surface area (Å²) >= 11 is 1.48. The number of likely N-dealkylation sites (N-methyl/N-ethyl adjacent to an activating group) is 1. The van der Waals surface area contributed by atoms with Gasteiger partial charge in [-0.2, -0.15) is 0 Å². The average Bonchev–Trinajstić information content (AvgIpc) is 2.74. The molecule has 0 saturated carbocycles. The highest BCUT2D eigenvalue weighted by molar-refractivity contribution is 7.17. The summed E-state index contributed by atoms with van der Waals surface area (Å²) in [6.07, 6.45) is 0.809. The molecule has 5 nitrogen and oxygen atoms in total. The third kappa shape index (κ3) is 3.80. The zero-order valence-corrected chi connectivity index (χ0v) is 15.1. The predicted octanol–water partition coefficient (Wildman–Crippen LogP) is 2.63. The molecule has 0 aromatic carbocycles. The average molecular weight is 346 g/mol. The van der Waals surface area contributed by atoms with Gasteiger partial charge >= 0.3 is 0 Å². The van der Waals surface area contributed by atoms with E-state index in [4.69, 9.17) is 5.73 Å². The lowest BCUT2D eigenvalue weighted by Crippen LogP contribution is -2.30. The van der Waals surface area contributed by atoms with Crippen molar-refractivity contribution in [2.45, 2.75) is 40.7 Å². The quantitative estimate of drug-likeness (QED) is 0.884. The molecule has 3 N–H and O–H groups in total. The Morgan fingerprint density at radius 2 is 2.00 bits per heavy atom. The van der Waals surface area contributed by atoms with Crippen molar-refractivity contribution in [3.8, 4) is 0 Å². The van der Waals surface area contributed by atoms with Gasteiger partial charge in [0.1, 0.15) is 5.00 Å². The van der Waals surface area contributed by atoms with Crippen LogP contribution in [0.3, 0.4) is 0 Å². The molecular weight excluding hydrogens is 322 g/mol. The van der Waals surface area contributed by atoms with E-state index in [1.54, 1.807) is 0 Å². The summed E-state index contributed by atoms with van der Waals surface area (Å²) in [5.41, 5.74) is 6.55. The van der Waals surface area contributed by atoms with Crippen LogP contribution < -0.4 is 11.1 Å². The number of nitrogens with one attached hydrogen (secondary N) is 1. The lowest BCUT2D eigenvalue weighted by molar-refractivity contribution is -0.123. The van der Waals surface area contributed by atoms with Crippen LogP contribution in [0.25, 0.3) is 0 Å². The van der Waals surface area contributed by atoms with Crippen LogP contribution in [-0.2, 0) is 17.8 Å². The Bertz CT molecular complexity index is 578. The van der Waals surface area contributed by atoms with Gasteiger partial charge in [-0.15, -0.1) is 23.7 Å². The smallest absolute Gasteiger partial charge is 0.251 e. The minimum atomic E-state index is -0.505. The van der Waals surface area contributed by atoms with Crippen LogP contribution in [-0.4, -0.2) is 29.8 Å². The largest absolute Gasteiger partial charge is 0.365 e. The molecule has 0 aliphatic carbocycles. The van der Waals surface area contributed by atoms with Crippen LogP contribution >= 0.6 is 23.7 Å². The molecule has 124 valence electrons. The van der Waals surface area contributed by atoms with E-state index in [0.717, 1.165) is 36.5 Å². The van der Waals surface area contributed by atoms with Crippen LogP contribution in [0.5, 0.6) is 0 Å². The summed E-state index contributed by atoms with van der Waals surface area (Å²) < 4.78 is 0. The molecule has 0 atom stereocenters. The number of thiophene rings is 1. The molecule has 1 aromatic heterocycles. The van der Waals surface area contributed by atoms with Crippen LogP contribution in [0.2, 0.25) is 0 Å². The van der Waals surface area contributed by atoms with Crippen molar-refractivity contribution in [1.29, 1.82) is 0 Å². The number of carbonyl (C=O) groups is 2. The maximum atomic E-state index is 12.2. The van der Waals surface area contributed by atoms with Gasteiger partial charge in [-0.1, -0.05) is 27.7 Å².